The maximum atomic E-state index is 12.1. The number of benzene rings is 1. The smallest absolute Gasteiger partial charge is 0.240 e. The van der Waals surface area contributed by atoms with Crippen molar-refractivity contribution < 1.29 is 9.90 Å². The zero-order chi connectivity index (χ0) is 15.3. The third-order valence-corrected chi connectivity index (χ3v) is 3.62. The van der Waals surface area contributed by atoms with Gasteiger partial charge in [-0.1, -0.05) is 26.0 Å². The van der Waals surface area contributed by atoms with Crippen LogP contribution in [0.25, 0.3) is 11.0 Å². The number of aromatic nitrogens is 2. The van der Waals surface area contributed by atoms with Crippen LogP contribution in [0.2, 0.25) is 0 Å². The monoisotopic (exact) mass is 289 g/mol. The van der Waals surface area contributed by atoms with E-state index in [4.69, 9.17) is 5.11 Å². The van der Waals surface area contributed by atoms with Gasteiger partial charge in [-0.15, -0.1) is 0 Å². The summed E-state index contributed by atoms with van der Waals surface area (Å²) in [5.74, 6) is -0.0183. The topological polar surface area (TPSA) is 67.2 Å². The fraction of sp³-hybridized carbons (Fsp3) is 0.500. The van der Waals surface area contributed by atoms with E-state index in [0.29, 0.717) is 6.54 Å². The molecule has 0 unspecified atom stereocenters. The molecule has 0 aliphatic carbocycles. The van der Waals surface area contributed by atoms with Gasteiger partial charge in [-0.05, 0) is 30.4 Å². The maximum Gasteiger partial charge on any atom is 0.240 e. The molecule has 1 amide bonds. The Balaban J connectivity index is 1.90. The molecule has 2 rings (SSSR count). The summed E-state index contributed by atoms with van der Waals surface area (Å²) < 4.78 is 1.85. The van der Waals surface area contributed by atoms with Gasteiger partial charge in [0.2, 0.25) is 5.91 Å². The molecule has 0 radical (unpaired) electrons. The molecular formula is C16H23N3O2. The van der Waals surface area contributed by atoms with Gasteiger partial charge < -0.3 is 15.0 Å². The largest absolute Gasteiger partial charge is 0.396 e. The molecule has 114 valence electrons. The van der Waals surface area contributed by atoms with Crippen LogP contribution in [0.4, 0.5) is 0 Å². The van der Waals surface area contributed by atoms with Crippen LogP contribution in [0, 0.1) is 5.41 Å². The summed E-state index contributed by atoms with van der Waals surface area (Å²) in [4.78, 5) is 16.3. The highest BCUT2D eigenvalue weighted by Crippen LogP contribution is 2.20. The number of nitrogens with one attached hydrogen (secondary N) is 1. The van der Waals surface area contributed by atoms with E-state index in [1.165, 1.54) is 0 Å². The van der Waals surface area contributed by atoms with Crippen LogP contribution in [-0.2, 0) is 11.3 Å². The highest BCUT2D eigenvalue weighted by Gasteiger charge is 2.18. The van der Waals surface area contributed by atoms with Crippen LogP contribution >= 0.6 is 0 Å². The number of nitrogens with zero attached hydrogens (tertiary/aromatic N) is 2. The summed E-state index contributed by atoms with van der Waals surface area (Å²) in [6.45, 7) is 5.26. The van der Waals surface area contributed by atoms with Gasteiger partial charge in [0.25, 0.3) is 0 Å². The number of imidazole rings is 1. The second-order valence-corrected chi connectivity index (χ2v) is 6.13. The van der Waals surface area contributed by atoms with E-state index in [0.717, 1.165) is 23.9 Å². The first-order chi connectivity index (χ1) is 10.0. The molecule has 2 aromatic rings. The third-order valence-electron chi connectivity index (χ3n) is 3.62. The van der Waals surface area contributed by atoms with Gasteiger partial charge in [0.1, 0.15) is 6.54 Å². The number of hydrogen-bond acceptors (Lipinski definition) is 3. The first kappa shape index (κ1) is 15.5. The minimum absolute atomic E-state index is 0.00457. The number of para-hydroxylation sites is 2. The predicted octanol–water partition coefficient (Wildman–Crippen LogP) is 1.95. The lowest BCUT2D eigenvalue weighted by Crippen LogP contribution is -2.36. The van der Waals surface area contributed by atoms with Crippen LogP contribution in [0.5, 0.6) is 0 Å². The van der Waals surface area contributed by atoms with E-state index < -0.39 is 0 Å². The maximum absolute atomic E-state index is 12.1. The number of carbonyl (C=O) groups is 1. The molecule has 0 saturated carbocycles. The number of amides is 1. The van der Waals surface area contributed by atoms with Crippen molar-refractivity contribution in [3.05, 3.63) is 30.6 Å². The van der Waals surface area contributed by atoms with Crippen molar-refractivity contribution >= 4 is 16.9 Å². The average Bonchev–Trinajstić information content (AvgIpc) is 2.87. The lowest BCUT2D eigenvalue weighted by Gasteiger charge is -2.24. The van der Waals surface area contributed by atoms with E-state index >= 15 is 0 Å². The minimum atomic E-state index is -0.0183. The molecule has 21 heavy (non-hydrogen) atoms. The van der Waals surface area contributed by atoms with Crippen molar-refractivity contribution in [2.75, 3.05) is 13.2 Å². The molecule has 5 nitrogen and oxygen atoms in total. The molecule has 0 saturated heterocycles. The molecule has 0 spiro atoms. The second kappa shape index (κ2) is 6.72. The van der Waals surface area contributed by atoms with Gasteiger partial charge >= 0.3 is 0 Å². The van der Waals surface area contributed by atoms with E-state index in [1.807, 2.05) is 28.8 Å². The Bertz CT molecular complexity index is 604. The Morgan fingerprint density at radius 1 is 1.38 bits per heavy atom. The van der Waals surface area contributed by atoms with Crippen LogP contribution in [0.15, 0.2) is 30.6 Å². The fourth-order valence-corrected chi connectivity index (χ4v) is 2.33. The molecule has 1 aromatic heterocycles. The second-order valence-electron chi connectivity index (χ2n) is 6.13. The van der Waals surface area contributed by atoms with Crippen molar-refractivity contribution in [3.8, 4) is 0 Å². The Morgan fingerprint density at radius 3 is 2.90 bits per heavy atom. The number of rotatable bonds is 7. The number of carbonyl (C=O) groups excluding carboxylic acids is 1. The number of aliphatic hydroxyl groups is 1. The number of hydrogen-bond donors (Lipinski definition) is 2. The molecule has 0 aliphatic rings. The molecule has 1 heterocycles. The van der Waals surface area contributed by atoms with Gasteiger partial charge in [-0.25, -0.2) is 4.98 Å². The molecular weight excluding hydrogens is 266 g/mol. The van der Waals surface area contributed by atoms with Crippen LogP contribution in [0.1, 0.15) is 26.7 Å². The average molecular weight is 289 g/mol. The van der Waals surface area contributed by atoms with Crippen molar-refractivity contribution in [2.45, 2.75) is 33.2 Å². The molecule has 0 aliphatic heterocycles. The lowest BCUT2D eigenvalue weighted by atomic mass is 9.88. The SMILES string of the molecule is CC(C)(CCCO)CNC(=O)Cn1cnc2ccccc21. The highest BCUT2D eigenvalue weighted by molar-refractivity contribution is 5.80. The summed E-state index contributed by atoms with van der Waals surface area (Å²) in [7, 11) is 0. The molecule has 5 heteroatoms. The molecule has 1 aromatic carbocycles. The normalized spacial score (nSPS) is 11.8. The molecule has 0 atom stereocenters. The molecule has 0 bridgehead atoms. The third kappa shape index (κ3) is 4.29. The Morgan fingerprint density at radius 2 is 2.14 bits per heavy atom. The first-order valence-corrected chi connectivity index (χ1v) is 7.29. The van der Waals surface area contributed by atoms with E-state index in [1.54, 1.807) is 6.33 Å². The summed E-state index contributed by atoms with van der Waals surface area (Å²) in [6.07, 6.45) is 3.34. The van der Waals surface area contributed by atoms with E-state index in [2.05, 4.69) is 24.1 Å². The van der Waals surface area contributed by atoms with Gasteiger partial charge in [0.15, 0.2) is 0 Å². The zero-order valence-corrected chi connectivity index (χ0v) is 12.7. The summed E-state index contributed by atoms with van der Waals surface area (Å²) in [5, 5.41) is 11.8. The zero-order valence-electron chi connectivity index (χ0n) is 12.7. The van der Waals surface area contributed by atoms with Crippen molar-refractivity contribution in [3.63, 3.8) is 0 Å². The van der Waals surface area contributed by atoms with Gasteiger partial charge in [-0.2, -0.15) is 0 Å². The summed E-state index contributed by atoms with van der Waals surface area (Å²) >= 11 is 0. The number of fused-ring (bicyclic) bond motifs is 1. The van der Waals surface area contributed by atoms with Gasteiger partial charge in [-0.3, -0.25) is 4.79 Å². The summed E-state index contributed by atoms with van der Waals surface area (Å²) in [6, 6.07) is 7.77. The fourth-order valence-electron chi connectivity index (χ4n) is 2.33. The predicted molar refractivity (Wildman–Crippen MR) is 82.8 cm³/mol. The van der Waals surface area contributed by atoms with Crippen LogP contribution in [0.3, 0.4) is 0 Å². The Kier molecular flexibility index (Phi) is 4.96. The minimum Gasteiger partial charge on any atom is -0.396 e. The lowest BCUT2D eigenvalue weighted by molar-refractivity contribution is -0.122. The quantitative estimate of drug-likeness (QED) is 0.818. The van der Waals surface area contributed by atoms with Gasteiger partial charge in [0, 0.05) is 13.2 Å². The molecule has 2 N–H and O–H groups in total. The first-order valence-electron chi connectivity index (χ1n) is 7.29. The molecule has 0 fully saturated rings. The van der Waals surface area contributed by atoms with Crippen molar-refractivity contribution in [1.82, 2.24) is 14.9 Å². The van der Waals surface area contributed by atoms with Crippen molar-refractivity contribution in [1.29, 1.82) is 0 Å². The van der Waals surface area contributed by atoms with E-state index in [-0.39, 0.29) is 24.5 Å². The summed E-state index contributed by atoms with van der Waals surface area (Å²) in [5.41, 5.74) is 1.86. The van der Waals surface area contributed by atoms with Crippen LogP contribution < -0.4 is 5.32 Å². The van der Waals surface area contributed by atoms with Crippen molar-refractivity contribution in [2.24, 2.45) is 5.41 Å². The Labute approximate surface area is 125 Å². The van der Waals surface area contributed by atoms with Gasteiger partial charge in [0.05, 0.1) is 17.4 Å². The highest BCUT2D eigenvalue weighted by atomic mass is 16.2. The Hall–Kier alpha value is -1.88. The van der Waals surface area contributed by atoms with Crippen LogP contribution in [-0.4, -0.2) is 33.7 Å². The van der Waals surface area contributed by atoms with E-state index in [9.17, 15) is 4.79 Å². The number of aliphatic hydroxyl groups excluding tert-OH is 1. The standard InChI is InChI=1S/C16H23N3O2/c1-16(2,8-5-9-20)11-17-15(21)10-19-12-18-13-6-3-4-7-14(13)19/h3-4,6-7,12,20H,5,8-11H2,1-2H3,(H,17,21).